The third-order valence-electron chi connectivity index (χ3n) is 3.31. The monoisotopic (exact) mass is 328 g/mol. The van der Waals surface area contributed by atoms with Crippen LogP contribution in [0.1, 0.15) is 21.5 Å². The molecule has 0 aliphatic carbocycles. The van der Waals surface area contributed by atoms with E-state index in [4.69, 9.17) is 9.47 Å². The van der Waals surface area contributed by atoms with Gasteiger partial charge in [-0.3, -0.25) is 4.79 Å². The third kappa shape index (κ3) is 3.28. The normalized spacial score (nSPS) is 10.1. The fourth-order valence-electron chi connectivity index (χ4n) is 2.18. The van der Waals surface area contributed by atoms with Crippen LogP contribution in [-0.4, -0.2) is 29.1 Å². The van der Waals surface area contributed by atoms with Gasteiger partial charge < -0.3 is 19.7 Å². The van der Waals surface area contributed by atoms with Crippen LogP contribution in [0.2, 0.25) is 0 Å². The summed E-state index contributed by atoms with van der Waals surface area (Å²) in [5.41, 5.74) is 0.419. The van der Waals surface area contributed by atoms with Crippen molar-refractivity contribution in [3.05, 3.63) is 65.7 Å². The molecule has 0 aliphatic rings. The van der Waals surface area contributed by atoms with Gasteiger partial charge in [-0.2, -0.15) is 0 Å². The predicted octanol–water partition coefficient (Wildman–Crippen LogP) is 2.22. The highest BCUT2D eigenvalue weighted by Crippen LogP contribution is 2.43. The number of aromatic hydroxyl groups is 1. The highest BCUT2D eigenvalue weighted by molar-refractivity contribution is 6.11. The van der Waals surface area contributed by atoms with E-state index in [1.807, 2.05) is 0 Å². The van der Waals surface area contributed by atoms with E-state index < -0.39 is 24.1 Å². The van der Waals surface area contributed by atoms with E-state index in [1.54, 1.807) is 30.3 Å². The Bertz CT molecular complexity index is 780. The SMILES string of the molecule is C=CC(=O)Oc1c(O)c(C(=O)c2ccccc2)cc(CO)c1OC. The molecule has 2 N–H and O–H groups in total. The van der Waals surface area contributed by atoms with E-state index in [1.165, 1.54) is 13.2 Å². The Balaban J connectivity index is 2.64. The molecule has 0 heterocycles. The quantitative estimate of drug-likeness (QED) is 0.365. The van der Waals surface area contributed by atoms with E-state index >= 15 is 0 Å². The highest BCUT2D eigenvalue weighted by Gasteiger charge is 2.25. The van der Waals surface area contributed by atoms with E-state index in [2.05, 4.69) is 6.58 Å². The molecule has 0 unspecified atom stereocenters. The maximum absolute atomic E-state index is 12.6. The van der Waals surface area contributed by atoms with Crippen LogP contribution < -0.4 is 9.47 Å². The van der Waals surface area contributed by atoms with E-state index in [0.717, 1.165) is 6.08 Å². The van der Waals surface area contributed by atoms with Crippen LogP contribution in [-0.2, 0) is 11.4 Å². The number of rotatable bonds is 6. The fourth-order valence-corrected chi connectivity index (χ4v) is 2.18. The smallest absolute Gasteiger partial charge is 0.335 e. The summed E-state index contributed by atoms with van der Waals surface area (Å²) >= 11 is 0. The predicted molar refractivity (Wildman–Crippen MR) is 86.3 cm³/mol. The number of ether oxygens (including phenoxy) is 2. The van der Waals surface area contributed by atoms with Gasteiger partial charge in [0.2, 0.25) is 5.75 Å². The summed E-state index contributed by atoms with van der Waals surface area (Å²) < 4.78 is 10.1. The van der Waals surface area contributed by atoms with Gasteiger partial charge in [0.15, 0.2) is 17.3 Å². The molecule has 2 aromatic rings. The van der Waals surface area contributed by atoms with Crippen LogP contribution in [0.4, 0.5) is 0 Å². The number of carbonyl (C=O) groups is 2. The minimum Gasteiger partial charge on any atom is -0.504 e. The second kappa shape index (κ2) is 7.43. The van der Waals surface area contributed by atoms with Crippen molar-refractivity contribution in [2.75, 3.05) is 7.11 Å². The van der Waals surface area contributed by atoms with Crippen molar-refractivity contribution in [3.63, 3.8) is 0 Å². The molecule has 0 aliphatic heterocycles. The molecule has 124 valence electrons. The minimum atomic E-state index is -0.836. The summed E-state index contributed by atoms with van der Waals surface area (Å²) in [7, 11) is 1.29. The van der Waals surface area contributed by atoms with Crippen molar-refractivity contribution in [3.8, 4) is 17.2 Å². The van der Waals surface area contributed by atoms with E-state index in [9.17, 15) is 19.8 Å². The fraction of sp³-hybridized carbons (Fsp3) is 0.111. The molecule has 0 amide bonds. The van der Waals surface area contributed by atoms with Gasteiger partial charge in [-0.25, -0.2) is 4.79 Å². The molecule has 0 bridgehead atoms. The van der Waals surface area contributed by atoms with Gasteiger partial charge in [0.25, 0.3) is 0 Å². The van der Waals surface area contributed by atoms with Crippen LogP contribution in [0.25, 0.3) is 0 Å². The largest absolute Gasteiger partial charge is 0.504 e. The number of ketones is 1. The standard InChI is InChI=1S/C18H16O6/c1-3-14(20)24-18-16(22)13(9-12(10-19)17(18)23-2)15(21)11-7-5-4-6-8-11/h3-9,19,22H,1,10H2,2H3. The Morgan fingerprint density at radius 3 is 2.42 bits per heavy atom. The summed E-state index contributed by atoms with van der Waals surface area (Å²) in [6, 6.07) is 9.58. The first-order chi connectivity index (χ1) is 11.5. The summed E-state index contributed by atoms with van der Waals surface area (Å²) in [6.45, 7) is 2.80. The molecule has 6 heteroatoms. The second-order valence-corrected chi connectivity index (χ2v) is 4.77. The van der Waals surface area contributed by atoms with Gasteiger partial charge in [0.05, 0.1) is 19.3 Å². The summed E-state index contributed by atoms with van der Waals surface area (Å²) in [6.07, 6.45) is 0.906. The van der Waals surface area contributed by atoms with Gasteiger partial charge in [0.1, 0.15) is 0 Å². The summed E-state index contributed by atoms with van der Waals surface area (Å²) in [4.78, 5) is 24.1. The number of aliphatic hydroxyl groups is 1. The third-order valence-corrected chi connectivity index (χ3v) is 3.31. The van der Waals surface area contributed by atoms with E-state index in [-0.39, 0.29) is 22.6 Å². The number of carbonyl (C=O) groups excluding carboxylic acids is 2. The lowest BCUT2D eigenvalue weighted by molar-refractivity contribution is -0.129. The summed E-state index contributed by atoms with van der Waals surface area (Å²) in [5, 5.41) is 19.9. The zero-order valence-electron chi connectivity index (χ0n) is 13.0. The van der Waals surface area contributed by atoms with Crippen molar-refractivity contribution < 1.29 is 29.3 Å². The first-order valence-electron chi connectivity index (χ1n) is 7.01. The molecule has 0 saturated carbocycles. The first kappa shape index (κ1) is 17.2. The van der Waals surface area contributed by atoms with Crippen molar-refractivity contribution in [1.29, 1.82) is 0 Å². The Kier molecular flexibility index (Phi) is 5.34. The van der Waals surface area contributed by atoms with E-state index in [0.29, 0.717) is 5.56 Å². The number of phenols is 1. The maximum Gasteiger partial charge on any atom is 0.335 e. The van der Waals surface area contributed by atoms with Gasteiger partial charge >= 0.3 is 5.97 Å². The molecular weight excluding hydrogens is 312 g/mol. The molecule has 6 nitrogen and oxygen atoms in total. The van der Waals surface area contributed by atoms with Gasteiger partial charge in [-0.1, -0.05) is 36.9 Å². The molecule has 0 atom stereocenters. The minimum absolute atomic E-state index is 0.0326. The molecule has 24 heavy (non-hydrogen) atoms. The zero-order valence-corrected chi connectivity index (χ0v) is 13.0. The zero-order chi connectivity index (χ0) is 17.7. The Morgan fingerprint density at radius 1 is 1.21 bits per heavy atom. The topological polar surface area (TPSA) is 93.1 Å². The number of benzene rings is 2. The number of phenolic OH excluding ortho intramolecular Hbond substituents is 1. The second-order valence-electron chi connectivity index (χ2n) is 4.77. The Hall–Kier alpha value is -3.12. The molecule has 0 aromatic heterocycles. The average Bonchev–Trinajstić information content (AvgIpc) is 2.63. The van der Waals surface area contributed by atoms with Crippen molar-refractivity contribution in [2.24, 2.45) is 0 Å². The lowest BCUT2D eigenvalue weighted by Gasteiger charge is -2.16. The number of aliphatic hydroxyl groups excluding tert-OH is 1. The Morgan fingerprint density at radius 2 is 1.88 bits per heavy atom. The van der Waals surface area contributed by atoms with Crippen LogP contribution >= 0.6 is 0 Å². The highest BCUT2D eigenvalue weighted by atomic mass is 16.6. The van der Waals surface area contributed by atoms with Crippen LogP contribution in [0.5, 0.6) is 17.2 Å². The molecule has 0 radical (unpaired) electrons. The van der Waals surface area contributed by atoms with Crippen LogP contribution in [0.3, 0.4) is 0 Å². The molecule has 0 saturated heterocycles. The maximum atomic E-state index is 12.6. The van der Waals surface area contributed by atoms with Gasteiger partial charge in [0, 0.05) is 17.2 Å². The summed E-state index contributed by atoms with van der Waals surface area (Å²) in [5.74, 6) is -2.24. The van der Waals surface area contributed by atoms with Gasteiger partial charge in [-0.05, 0) is 6.07 Å². The first-order valence-corrected chi connectivity index (χ1v) is 7.01. The number of hydrogen-bond donors (Lipinski definition) is 2. The molecule has 2 rings (SSSR count). The van der Waals surface area contributed by atoms with Gasteiger partial charge in [-0.15, -0.1) is 0 Å². The van der Waals surface area contributed by atoms with Crippen LogP contribution in [0, 0.1) is 0 Å². The van der Waals surface area contributed by atoms with Crippen molar-refractivity contribution in [2.45, 2.75) is 6.61 Å². The lowest BCUT2D eigenvalue weighted by atomic mass is 9.99. The molecule has 0 spiro atoms. The molecule has 2 aromatic carbocycles. The number of hydrogen-bond acceptors (Lipinski definition) is 6. The number of methoxy groups -OCH3 is 1. The molecule has 0 fully saturated rings. The Labute approximate surface area is 138 Å². The lowest BCUT2D eigenvalue weighted by Crippen LogP contribution is -2.10. The number of esters is 1. The van der Waals surface area contributed by atoms with Crippen molar-refractivity contribution >= 4 is 11.8 Å². The molecular formula is C18H16O6. The average molecular weight is 328 g/mol. The van der Waals surface area contributed by atoms with Crippen molar-refractivity contribution in [1.82, 2.24) is 0 Å². The van der Waals surface area contributed by atoms with Crippen LogP contribution in [0.15, 0.2) is 49.1 Å².